The Kier molecular flexibility index (Phi) is 18.5. The molecule has 0 aromatic rings. The molecule has 1 aliphatic heterocycles. The molecule has 0 unspecified atom stereocenters. The maximum Gasteiger partial charge on any atom is 0.303 e. The average molecular weight is 327 g/mol. The third-order valence-corrected chi connectivity index (χ3v) is 3.86. The van der Waals surface area contributed by atoms with Crippen molar-refractivity contribution in [1.29, 1.82) is 0 Å². The Balaban J connectivity index is 0.00000143. The predicted molar refractivity (Wildman–Crippen MR) is 97.9 cm³/mol. The number of hydrogen-bond acceptors (Lipinski definition) is 2. The van der Waals surface area contributed by atoms with Gasteiger partial charge in [0.05, 0.1) is 13.2 Å². The van der Waals surface area contributed by atoms with E-state index in [2.05, 4.69) is 23.8 Å². The zero-order chi connectivity index (χ0) is 17.0. The fraction of sp³-hybridized carbons (Fsp3) is 0.850. The molecule has 0 spiro atoms. The van der Waals surface area contributed by atoms with E-state index in [-0.39, 0.29) is 0 Å². The summed E-state index contributed by atoms with van der Waals surface area (Å²) in [6, 6.07) is 0. The van der Waals surface area contributed by atoms with Gasteiger partial charge in [-0.05, 0) is 32.1 Å². The summed E-state index contributed by atoms with van der Waals surface area (Å²) in [5.74, 6) is -0.664. The van der Waals surface area contributed by atoms with Crippen molar-refractivity contribution in [3.8, 4) is 0 Å². The molecule has 0 saturated carbocycles. The van der Waals surface area contributed by atoms with Crippen LogP contribution in [0.2, 0.25) is 0 Å². The van der Waals surface area contributed by atoms with Gasteiger partial charge in [0.25, 0.3) is 0 Å². The van der Waals surface area contributed by atoms with Gasteiger partial charge in [0.15, 0.2) is 0 Å². The number of carbonyl (C=O) groups is 1. The van der Waals surface area contributed by atoms with Gasteiger partial charge in [-0.15, -0.1) is 0 Å². The zero-order valence-corrected chi connectivity index (χ0v) is 15.2. The molecule has 1 rings (SSSR count). The molecule has 1 fully saturated rings. The van der Waals surface area contributed by atoms with E-state index >= 15 is 0 Å². The van der Waals surface area contributed by atoms with Gasteiger partial charge in [-0.1, -0.05) is 70.4 Å². The van der Waals surface area contributed by atoms with E-state index in [0.717, 1.165) is 26.1 Å². The van der Waals surface area contributed by atoms with Crippen LogP contribution in [-0.2, 0) is 9.53 Å². The molecule has 0 aromatic heterocycles. The second-order valence-corrected chi connectivity index (χ2v) is 6.34. The van der Waals surface area contributed by atoms with E-state index < -0.39 is 5.97 Å². The van der Waals surface area contributed by atoms with Crippen molar-refractivity contribution in [2.75, 3.05) is 13.2 Å². The minimum Gasteiger partial charge on any atom is -0.481 e. The number of aliphatic carboxylic acids is 1. The molecule has 0 aromatic carbocycles. The quantitative estimate of drug-likeness (QED) is 0.224. The summed E-state index contributed by atoms with van der Waals surface area (Å²) in [5.41, 5.74) is 0. The minimum absolute atomic E-state index is 0.332. The highest BCUT2D eigenvalue weighted by Crippen LogP contribution is 2.09. The summed E-state index contributed by atoms with van der Waals surface area (Å²) < 4.78 is 4.50. The highest BCUT2D eigenvalue weighted by atomic mass is 16.6. The summed E-state index contributed by atoms with van der Waals surface area (Å²) in [5, 5.41) is 8.51. The van der Waals surface area contributed by atoms with Crippen molar-refractivity contribution in [3.05, 3.63) is 12.2 Å². The highest BCUT2D eigenvalue weighted by Gasteiger charge is 1.96. The Bertz CT molecular complexity index is 269. The van der Waals surface area contributed by atoms with Crippen molar-refractivity contribution < 1.29 is 14.6 Å². The SMILES string of the molecule is C1CO1.CCCCCCCCC=CCCCCCCCC(=O)O. The molecule has 0 atom stereocenters. The monoisotopic (exact) mass is 326 g/mol. The molecular weight excluding hydrogens is 288 g/mol. The number of ether oxygens (including phenoxy) is 1. The minimum atomic E-state index is -0.664. The van der Waals surface area contributed by atoms with Gasteiger partial charge in [-0.3, -0.25) is 4.79 Å². The van der Waals surface area contributed by atoms with Crippen LogP contribution in [0, 0.1) is 0 Å². The second-order valence-electron chi connectivity index (χ2n) is 6.34. The summed E-state index contributed by atoms with van der Waals surface area (Å²) in [6.07, 6.45) is 21.2. The van der Waals surface area contributed by atoms with Crippen molar-refractivity contribution in [2.24, 2.45) is 0 Å². The maximum absolute atomic E-state index is 10.3. The van der Waals surface area contributed by atoms with Gasteiger partial charge >= 0.3 is 5.97 Å². The Morgan fingerprint density at radius 3 is 1.70 bits per heavy atom. The van der Waals surface area contributed by atoms with Gasteiger partial charge in [0.2, 0.25) is 0 Å². The number of allylic oxidation sites excluding steroid dienone is 2. The third kappa shape index (κ3) is 26.4. The number of rotatable bonds is 15. The van der Waals surface area contributed by atoms with Gasteiger partial charge in [-0.25, -0.2) is 0 Å². The van der Waals surface area contributed by atoms with Crippen LogP contribution < -0.4 is 0 Å². The molecule has 0 amide bonds. The van der Waals surface area contributed by atoms with Gasteiger partial charge in [0.1, 0.15) is 0 Å². The van der Waals surface area contributed by atoms with E-state index in [9.17, 15) is 4.79 Å². The Morgan fingerprint density at radius 1 is 0.826 bits per heavy atom. The van der Waals surface area contributed by atoms with Crippen molar-refractivity contribution in [3.63, 3.8) is 0 Å². The van der Waals surface area contributed by atoms with E-state index in [4.69, 9.17) is 5.11 Å². The number of carboxylic acid groups (broad SMARTS) is 1. The summed E-state index contributed by atoms with van der Waals surface area (Å²) in [7, 11) is 0. The summed E-state index contributed by atoms with van der Waals surface area (Å²) in [6.45, 7) is 4.26. The Hall–Kier alpha value is -0.830. The molecule has 3 heteroatoms. The number of carboxylic acids is 1. The van der Waals surface area contributed by atoms with Crippen molar-refractivity contribution >= 4 is 5.97 Å². The molecule has 0 radical (unpaired) electrons. The first-order valence-electron chi connectivity index (χ1n) is 9.72. The van der Waals surface area contributed by atoms with Crippen LogP contribution in [-0.4, -0.2) is 24.3 Å². The average Bonchev–Trinajstić information content (AvgIpc) is 3.39. The largest absolute Gasteiger partial charge is 0.481 e. The van der Waals surface area contributed by atoms with Crippen LogP contribution >= 0.6 is 0 Å². The van der Waals surface area contributed by atoms with Crippen LogP contribution in [0.5, 0.6) is 0 Å². The molecule has 136 valence electrons. The topological polar surface area (TPSA) is 49.8 Å². The van der Waals surface area contributed by atoms with Gasteiger partial charge in [-0.2, -0.15) is 0 Å². The van der Waals surface area contributed by atoms with Gasteiger partial charge < -0.3 is 9.84 Å². The van der Waals surface area contributed by atoms with Crippen molar-refractivity contribution in [1.82, 2.24) is 0 Å². The first-order valence-corrected chi connectivity index (χ1v) is 9.72. The van der Waals surface area contributed by atoms with Gasteiger partial charge in [0, 0.05) is 6.42 Å². The first kappa shape index (κ1) is 22.2. The molecule has 3 nitrogen and oxygen atoms in total. The van der Waals surface area contributed by atoms with E-state index in [0.29, 0.717) is 6.42 Å². The molecule has 1 aliphatic rings. The zero-order valence-electron chi connectivity index (χ0n) is 15.2. The molecule has 0 bridgehead atoms. The summed E-state index contributed by atoms with van der Waals surface area (Å²) in [4.78, 5) is 10.3. The van der Waals surface area contributed by atoms with Crippen molar-refractivity contribution in [2.45, 2.75) is 96.8 Å². The molecule has 1 heterocycles. The molecular formula is C20H38O3. The predicted octanol–water partition coefficient (Wildman–Crippen LogP) is 6.13. The lowest BCUT2D eigenvalue weighted by atomic mass is 10.1. The molecule has 1 N–H and O–H groups in total. The molecule has 23 heavy (non-hydrogen) atoms. The number of epoxide rings is 1. The molecule has 1 saturated heterocycles. The van der Waals surface area contributed by atoms with E-state index in [1.807, 2.05) is 0 Å². The fourth-order valence-corrected chi connectivity index (χ4v) is 2.35. The van der Waals surface area contributed by atoms with Crippen LogP contribution in [0.4, 0.5) is 0 Å². The van der Waals surface area contributed by atoms with Crippen LogP contribution in [0.3, 0.4) is 0 Å². The standard InChI is InChI=1S/C18H34O2.C2H4O/c1-2-3-4-5-6-7-8-9-10-11-12-13-14-15-16-17-18(19)20;1-2-3-1/h9-10H,2-8,11-17H2,1H3,(H,19,20);1-2H2. The first-order chi connectivity index (χ1) is 11.3. The van der Waals surface area contributed by atoms with Crippen LogP contribution in [0.15, 0.2) is 12.2 Å². The highest BCUT2D eigenvalue weighted by molar-refractivity contribution is 5.66. The lowest BCUT2D eigenvalue weighted by molar-refractivity contribution is -0.137. The van der Waals surface area contributed by atoms with E-state index in [1.165, 1.54) is 70.6 Å². The second kappa shape index (κ2) is 19.2. The molecule has 0 aliphatic carbocycles. The van der Waals surface area contributed by atoms with Crippen LogP contribution in [0.1, 0.15) is 96.8 Å². The van der Waals surface area contributed by atoms with Crippen LogP contribution in [0.25, 0.3) is 0 Å². The Labute approximate surface area is 143 Å². The smallest absolute Gasteiger partial charge is 0.303 e. The Morgan fingerprint density at radius 2 is 1.26 bits per heavy atom. The van der Waals surface area contributed by atoms with E-state index in [1.54, 1.807) is 0 Å². The number of unbranched alkanes of at least 4 members (excludes halogenated alkanes) is 11. The lowest BCUT2D eigenvalue weighted by Crippen LogP contribution is -1.93. The summed E-state index contributed by atoms with van der Waals surface area (Å²) >= 11 is 0. The fourth-order valence-electron chi connectivity index (χ4n) is 2.35. The lowest BCUT2D eigenvalue weighted by Gasteiger charge is -1.99. The normalized spacial score (nSPS) is 12.9. The number of hydrogen-bond donors (Lipinski definition) is 1. The maximum atomic E-state index is 10.3. The third-order valence-electron chi connectivity index (χ3n) is 3.86.